The molecule has 0 aliphatic rings. The fraction of sp³-hybridized carbons (Fsp3) is 0.214. The summed E-state index contributed by atoms with van der Waals surface area (Å²) in [4.78, 5) is 14.4. The quantitative estimate of drug-likeness (QED) is 0.674. The van der Waals surface area contributed by atoms with Gasteiger partial charge in [-0.05, 0) is 24.6 Å². The molecule has 6 nitrogen and oxygen atoms in total. The van der Waals surface area contributed by atoms with Crippen LogP contribution in [-0.4, -0.2) is 9.91 Å². The zero-order chi connectivity index (χ0) is 15.4. The molecule has 1 atom stereocenters. The van der Waals surface area contributed by atoms with Gasteiger partial charge in [0, 0.05) is 18.2 Å². The van der Waals surface area contributed by atoms with Crippen molar-refractivity contribution < 1.29 is 14.1 Å². The maximum atomic E-state index is 13.2. The highest BCUT2D eigenvalue weighted by atomic mass is 19.1. The zero-order valence-corrected chi connectivity index (χ0v) is 11.3. The van der Waals surface area contributed by atoms with Gasteiger partial charge in [0.2, 0.25) is 5.75 Å². The summed E-state index contributed by atoms with van der Waals surface area (Å²) in [5.74, 6) is -0.515. The van der Waals surface area contributed by atoms with Gasteiger partial charge >= 0.3 is 5.69 Å². The lowest BCUT2D eigenvalue weighted by atomic mass is 10.1. The Bertz CT molecular complexity index is 646. The molecule has 1 aromatic heterocycles. The third kappa shape index (κ3) is 3.51. The van der Waals surface area contributed by atoms with Crippen LogP contribution in [0.2, 0.25) is 0 Å². The smallest absolute Gasteiger partial charge is 0.311 e. The van der Waals surface area contributed by atoms with Crippen LogP contribution < -0.4 is 10.5 Å². The van der Waals surface area contributed by atoms with Crippen molar-refractivity contribution in [1.29, 1.82) is 0 Å². The summed E-state index contributed by atoms with van der Waals surface area (Å²) < 4.78 is 18.5. The molecule has 0 fully saturated rings. The molecule has 0 saturated heterocycles. The molecule has 7 heteroatoms. The van der Waals surface area contributed by atoms with Crippen LogP contribution in [0.15, 0.2) is 36.5 Å². The van der Waals surface area contributed by atoms with Gasteiger partial charge in [-0.3, -0.25) is 15.1 Å². The Morgan fingerprint density at radius 1 is 1.43 bits per heavy atom. The molecule has 2 rings (SSSR count). The van der Waals surface area contributed by atoms with Gasteiger partial charge in [-0.15, -0.1) is 0 Å². The minimum Gasteiger partial charge on any atom is -0.448 e. The molecular formula is C14H14FN3O3. The van der Waals surface area contributed by atoms with E-state index in [2.05, 4.69) is 4.98 Å². The number of nitrogens with two attached hydrogens (primary N) is 1. The average molecular weight is 291 g/mol. The second-order valence-corrected chi connectivity index (χ2v) is 4.40. The molecule has 1 unspecified atom stereocenters. The van der Waals surface area contributed by atoms with E-state index in [9.17, 15) is 14.5 Å². The van der Waals surface area contributed by atoms with Crippen LogP contribution in [0, 0.1) is 15.9 Å². The molecule has 0 aliphatic heterocycles. The molecule has 2 aromatic rings. The molecule has 110 valence electrons. The van der Waals surface area contributed by atoms with Crippen molar-refractivity contribution in [3.05, 3.63) is 58.2 Å². The topological polar surface area (TPSA) is 91.3 Å². The first-order valence-electron chi connectivity index (χ1n) is 6.34. The van der Waals surface area contributed by atoms with Gasteiger partial charge in [-0.25, -0.2) is 4.39 Å². The lowest BCUT2D eigenvalue weighted by Crippen LogP contribution is -2.10. The molecule has 1 aromatic carbocycles. The summed E-state index contributed by atoms with van der Waals surface area (Å²) in [6.07, 6.45) is 2.14. The van der Waals surface area contributed by atoms with E-state index >= 15 is 0 Å². The fourth-order valence-corrected chi connectivity index (χ4v) is 1.73. The second kappa shape index (κ2) is 6.27. The molecule has 0 radical (unpaired) electrons. The van der Waals surface area contributed by atoms with Crippen LogP contribution >= 0.6 is 0 Å². The maximum Gasteiger partial charge on any atom is 0.311 e. The Kier molecular flexibility index (Phi) is 4.44. The summed E-state index contributed by atoms with van der Waals surface area (Å²) in [6, 6.07) is 6.11. The molecule has 0 aliphatic carbocycles. The number of benzene rings is 1. The molecule has 1 heterocycles. The molecule has 0 amide bonds. The Labute approximate surface area is 120 Å². The van der Waals surface area contributed by atoms with Gasteiger partial charge in [-0.1, -0.05) is 6.92 Å². The van der Waals surface area contributed by atoms with Crippen molar-refractivity contribution in [3.8, 4) is 11.5 Å². The number of halogens is 1. The number of nitrogens with zero attached hydrogens (tertiary/aromatic N) is 2. The van der Waals surface area contributed by atoms with Crippen molar-refractivity contribution in [3.63, 3.8) is 0 Å². The van der Waals surface area contributed by atoms with E-state index in [1.807, 2.05) is 6.92 Å². The first kappa shape index (κ1) is 14.9. The highest BCUT2D eigenvalue weighted by molar-refractivity contribution is 5.48. The van der Waals surface area contributed by atoms with Gasteiger partial charge in [0.05, 0.1) is 16.8 Å². The van der Waals surface area contributed by atoms with Gasteiger partial charge in [0.15, 0.2) is 0 Å². The normalized spacial score (nSPS) is 12.0. The number of rotatable bonds is 5. The third-order valence-electron chi connectivity index (χ3n) is 2.93. The Morgan fingerprint density at radius 3 is 2.76 bits per heavy atom. The highest BCUT2D eigenvalue weighted by Crippen LogP contribution is 2.31. The van der Waals surface area contributed by atoms with E-state index in [1.165, 1.54) is 6.20 Å². The van der Waals surface area contributed by atoms with Crippen molar-refractivity contribution in [2.24, 2.45) is 5.73 Å². The lowest BCUT2D eigenvalue weighted by molar-refractivity contribution is -0.385. The van der Waals surface area contributed by atoms with E-state index in [-0.39, 0.29) is 23.2 Å². The average Bonchev–Trinajstić information content (AvgIpc) is 2.47. The third-order valence-corrected chi connectivity index (χ3v) is 2.93. The number of hydrogen-bond donors (Lipinski definition) is 1. The van der Waals surface area contributed by atoms with Crippen LogP contribution in [0.5, 0.6) is 11.5 Å². The van der Waals surface area contributed by atoms with Crippen molar-refractivity contribution in [2.75, 3.05) is 0 Å². The molecule has 2 N–H and O–H groups in total. The van der Waals surface area contributed by atoms with Gasteiger partial charge in [0.25, 0.3) is 0 Å². The van der Waals surface area contributed by atoms with Gasteiger partial charge in [0.1, 0.15) is 11.6 Å². The number of nitro benzene ring substituents is 1. The second-order valence-electron chi connectivity index (χ2n) is 4.40. The largest absolute Gasteiger partial charge is 0.448 e. The Morgan fingerprint density at radius 2 is 2.19 bits per heavy atom. The van der Waals surface area contributed by atoms with E-state index < -0.39 is 10.7 Å². The van der Waals surface area contributed by atoms with Gasteiger partial charge in [-0.2, -0.15) is 0 Å². The number of ether oxygens (including phenoxy) is 1. The lowest BCUT2D eigenvalue weighted by Gasteiger charge is -2.10. The van der Waals surface area contributed by atoms with Crippen LogP contribution in [0.3, 0.4) is 0 Å². The van der Waals surface area contributed by atoms with Crippen LogP contribution in [0.1, 0.15) is 25.1 Å². The minimum absolute atomic E-state index is 0.172. The number of pyridine rings is 1. The van der Waals surface area contributed by atoms with E-state index in [1.54, 1.807) is 12.1 Å². The summed E-state index contributed by atoms with van der Waals surface area (Å²) in [7, 11) is 0. The predicted octanol–water partition coefficient (Wildman–Crippen LogP) is 3.33. The summed E-state index contributed by atoms with van der Waals surface area (Å²) in [5.41, 5.74) is 6.22. The maximum absolute atomic E-state index is 13.2. The van der Waals surface area contributed by atoms with E-state index in [0.29, 0.717) is 5.69 Å². The van der Waals surface area contributed by atoms with Gasteiger partial charge < -0.3 is 10.5 Å². The Balaban J connectivity index is 2.26. The standard InChI is InChI=1S/C14H14FN3O3/c1-2-11(16)12-5-4-10(8-17-12)21-14-7-9(15)3-6-13(14)18(19)20/h3-8,11H,2,16H2,1H3. The summed E-state index contributed by atoms with van der Waals surface area (Å²) in [6.45, 7) is 1.94. The van der Waals surface area contributed by atoms with E-state index in [0.717, 1.165) is 24.6 Å². The molecule has 0 spiro atoms. The number of aromatic nitrogens is 1. The SMILES string of the molecule is CCC(N)c1ccc(Oc2cc(F)ccc2[N+](=O)[O-])cn1. The molecule has 0 bridgehead atoms. The van der Waals surface area contributed by atoms with Crippen molar-refractivity contribution in [1.82, 2.24) is 4.98 Å². The predicted molar refractivity (Wildman–Crippen MR) is 74.6 cm³/mol. The highest BCUT2D eigenvalue weighted by Gasteiger charge is 2.17. The fourth-order valence-electron chi connectivity index (χ4n) is 1.73. The molecule has 21 heavy (non-hydrogen) atoms. The first-order valence-corrected chi connectivity index (χ1v) is 6.34. The van der Waals surface area contributed by atoms with Crippen molar-refractivity contribution >= 4 is 5.69 Å². The first-order chi connectivity index (χ1) is 10.0. The van der Waals surface area contributed by atoms with Crippen LogP contribution in [0.4, 0.5) is 10.1 Å². The number of nitro groups is 1. The molecule has 0 saturated carbocycles. The van der Waals surface area contributed by atoms with Crippen LogP contribution in [-0.2, 0) is 0 Å². The van der Waals surface area contributed by atoms with Crippen LogP contribution in [0.25, 0.3) is 0 Å². The Hall–Kier alpha value is -2.54. The van der Waals surface area contributed by atoms with Crippen molar-refractivity contribution in [2.45, 2.75) is 19.4 Å². The minimum atomic E-state index is -0.635. The monoisotopic (exact) mass is 291 g/mol. The van der Waals surface area contributed by atoms with E-state index in [4.69, 9.17) is 10.5 Å². The summed E-state index contributed by atoms with van der Waals surface area (Å²) >= 11 is 0. The number of hydrogen-bond acceptors (Lipinski definition) is 5. The zero-order valence-electron chi connectivity index (χ0n) is 11.3. The summed E-state index contributed by atoms with van der Waals surface area (Å²) in [5, 5.41) is 10.9. The molecular weight excluding hydrogens is 277 g/mol.